The van der Waals surface area contributed by atoms with Gasteiger partial charge in [0.25, 0.3) is 0 Å². The molecule has 0 radical (unpaired) electrons. The van der Waals surface area contributed by atoms with Crippen molar-refractivity contribution >= 4 is 17.2 Å². The minimum Gasteiger partial charge on any atom is -0.497 e. The standard InChI is InChI=1S/C18H22N2O2S/c1-13-20-15(12-23-13)11-19-17(21)18(9-3-4-10-18)14-5-7-16(22-2)8-6-14/h5-8,12H,3-4,9-11H2,1-2H3,(H,19,21). The minimum atomic E-state index is -0.405. The van der Waals surface area contributed by atoms with Gasteiger partial charge in [-0.05, 0) is 37.5 Å². The van der Waals surface area contributed by atoms with Crippen molar-refractivity contribution in [3.8, 4) is 5.75 Å². The molecule has 1 amide bonds. The first-order valence-corrected chi connectivity index (χ1v) is 8.86. The second-order valence-corrected chi connectivity index (χ2v) is 7.12. The molecule has 0 aliphatic heterocycles. The van der Waals surface area contributed by atoms with Crippen LogP contribution in [0.5, 0.6) is 5.75 Å². The molecule has 3 rings (SSSR count). The van der Waals surface area contributed by atoms with Crippen LogP contribution in [0.25, 0.3) is 0 Å². The maximum atomic E-state index is 12.9. The van der Waals surface area contributed by atoms with Crippen LogP contribution in [-0.4, -0.2) is 18.0 Å². The number of hydrogen-bond acceptors (Lipinski definition) is 4. The van der Waals surface area contributed by atoms with Crippen molar-refractivity contribution in [3.63, 3.8) is 0 Å². The first kappa shape index (κ1) is 16.0. The first-order valence-electron chi connectivity index (χ1n) is 7.98. The summed E-state index contributed by atoms with van der Waals surface area (Å²) in [7, 11) is 1.66. The number of benzene rings is 1. The van der Waals surface area contributed by atoms with Crippen LogP contribution >= 0.6 is 11.3 Å². The Morgan fingerprint density at radius 3 is 2.57 bits per heavy atom. The molecule has 23 heavy (non-hydrogen) atoms. The lowest BCUT2D eigenvalue weighted by molar-refractivity contribution is -0.126. The normalized spacial score (nSPS) is 16.3. The summed E-state index contributed by atoms with van der Waals surface area (Å²) in [4.78, 5) is 17.4. The van der Waals surface area contributed by atoms with Gasteiger partial charge in [0.2, 0.25) is 5.91 Å². The number of aromatic nitrogens is 1. The Bertz CT molecular complexity index is 673. The van der Waals surface area contributed by atoms with E-state index in [0.29, 0.717) is 6.54 Å². The highest BCUT2D eigenvalue weighted by Crippen LogP contribution is 2.41. The summed E-state index contributed by atoms with van der Waals surface area (Å²) in [6.45, 7) is 2.48. The lowest BCUT2D eigenvalue weighted by atomic mass is 9.78. The van der Waals surface area contributed by atoms with Crippen molar-refractivity contribution in [1.29, 1.82) is 0 Å². The molecule has 122 valence electrons. The zero-order chi connectivity index (χ0) is 16.3. The van der Waals surface area contributed by atoms with E-state index in [1.54, 1.807) is 18.4 Å². The summed E-state index contributed by atoms with van der Waals surface area (Å²) in [5, 5.41) is 6.13. The number of carbonyl (C=O) groups is 1. The van der Waals surface area contributed by atoms with E-state index in [0.717, 1.165) is 47.7 Å². The van der Waals surface area contributed by atoms with Gasteiger partial charge in [-0.2, -0.15) is 0 Å². The highest BCUT2D eigenvalue weighted by Gasteiger charge is 2.42. The second kappa shape index (κ2) is 6.71. The fourth-order valence-electron chi connectivity index (χ4n) is 3.36. The van der Waals surface area contributed by atoms with Crippen molar-refractivity contribution in [2.45, 2.75) is 44.6 Å². The number of ether oxygens (including phenoxy) is 1. The number of aryl methyl sites for hydroxylation is 1. The number of thiazole rings is 1. The minimum absolute atomic E-state index is 0.116. The third-order valence-electron chi connectivity index (χ3n) is 4.63. The molecule has 0 saturated heterocycles. The maximum absolute atomic E-state index is 12.9. The van der Waals surface area contributed by atoms with Crippen LogP contribution in [0, 0.1) is 6.92 Å². The number of methoxy groups -OCH3 is 1. The Labute approximate surface area is 140 Å². The molecule has 2 aromatic rings. The Hall–Kier alpha value is -1.88. The van der Waals surface area contributed by atoms with Crippen LogP contribution in [0.1, 0.15) is 41.9 Å². The van der Waals surface area contributed by atoms with Crippen LogP contribution in [0.15, 0.2) is 29.6 Å². The maximum Gasteiger partial charge on any atom is 0.230 e. The molecule has 1 heterocycles. The zero-order valence-electron chi connectivity index (χ0n) is 13.6. The summed E-state index contributed by atoms with van der Waals surface area (Å²) in [6, 6.07) is 7.92. The monoisotopic (exact) mass is 330 g/mol. The number of nitrogens with one attached hydrogen (secondary N) is 1. The largest absolute Gasteiger partial charge is 0.497 e. The van der Waals surface area contributed by atoms with Gasteiger partial charge in [0.15, 0.2) is 0 Å². The van der Waals surface area contributed by atoms with Gasteiger partial charge in [-0.3, -0.25) is 4.79 Å². The highest BCUT2D eigenvalue weighted by molar-refractivity contribution is 7.09. The molecule has 1 fully saturated rings. The predicted octanol–water partition coefficient (Wildman–Crippen LogP) is 3.59. The molecule has 1 saturated carbocycles. The smallest absolute Gasteiger partial charge is 0.230 e. The van der Waals surface area contributed by atoms with Crippen molar-refractivity contribution in [1.82, 2.24) is 10.3 Å². The van der Waals surface area contributed by atoms with E-state index in [1.165, 1.54) is 0 Å². The summed E-state index contributed by atoms with van der Waals surface area (Å²) < 4.78 is 5.23. The average molecular weight is 330 g/mol. The quantitative estimate of drug-likeness (QED) is 0.911. The molecule has 1 aliphatic rings. The van der Waals surface area contributed by atoms with E-state index in [4.69, 9.17) is 4.74 Å². The van der Waals surface area contributed by atoms with Crippen molar-refractivity contribution in [3.05, 3.63) is 45.9 Å². The molecule has 4 nitrogen and oxygen atoms in total. The van der Waals surface area contributed by atoms with Crippen LogP contribution in [0.3, 0.4) is 0 Å². The highest BCUT2D eigenvalue weighted by atomic mass is 32.1. The topological polar surface area (TPSA) is 51.2 Å². The van der Waals surface area contributed by atoms with Crippen molar-refractivity contribution < 1.29 is 9.53 Å². The van der Waals surface area contributed by atoms with Crippen LogP contribution in [0.2, 0.25) is 0 Å². The van der Waals surface area contributed by atoms with E-state index in [-0.39, 0.29) is 5.91 Å². The van der Waals surface area contributed by atoms with Crippen molar-refractivity contribution in [2.75, 3.05) is 7.11 Å². The summed E-state index contributed by atoms with van der Waals surface area (Å²) >= 11 is 1.61. The molecule has 1 N–H and O–H groups in total. The summed E-state index contributed by atoms with van der Waals surface area (Å²) in [5.41, 5.74) is 1.61. The van der Waals surface area contributed by atoms with E-state index >= 15 is 0 Å². The van der Waals surface area contributed by atoms with E-state index in [2.05, 4.69) is 10.3 Å². The van der Waals surface area contributed by atoms with E-state index < -0.39 is 5.41 Å². The molecule has 0 bridgehead atoms. The molecule has 5 heteroatoms. The average Bonchev–Trinajstić information content (AvgIpc) is 3.22. The Balaban J connectivity index is 1.77. The number of nitrogens with zero attached hydrogens (tertiary/aromatic N) is 1. The molecule has 1 aromatic carbocycles. The van der Waals surface area contributed by atoms with Crippen molar-refractivity contribution in [2.24, 2.45) is 0 Å². The lowest BCUT2D eigenvalue weighted by Crippen LogP contribution is -2.42. The van der Waals surface area contributed by atoms with Crippen LogP contribution in [0.4, 0.5) is 0 Å². The predicted molar refractivity (Wildman–Crippen MR) is 91.8 cm³/mol. The molecule has 1 aliphatic carbocycles. The number of rotatable bonds is 5. The van der Waals surface area contributed by atoms with E-state index in [9.17, 15) is 4.79 Å². The lowest BCUT2D eigenvalue weighted by Gasteiger charge is -2.28. The van der Waals surface area contributed by atoms with Gasteiger partial charge in [-0.25, -0.2) is 4.98 Å². The third kappa shape index (κ3) is 3.24. The number of hydrogen-bond donors (Lipinski definition) is 1. The molecule has 1 aromatic heterocycles. The first-order chi connectivity index (χ1) is 11.1. The molecule has 0 spiro atoms. The van der Waals surface area contributed by atoms with Gasteiger partial charge in [0.1, 0.15) is 5.75 Å². The third-order valence-corrected chi connectivity index (χ3v) is 5.45. The van der Waals surface area contributed by atoms with Crippen LogP contribution < -0.4 is 10.1 Å². The number of amides is 1. The Morgan fingerprint density at radius 2 is 2.00 bits per heavy atom. The molecule has 0 unspecified atom stereocenters. The number of carbonyl (C=O) groups excluding carboxylic acids is 1. The van der Waals surface area contributed by atoms with E-state index in [1.807, 2.05) is 36.6 Å². The summed E-state index contributed by atoms with van der Waals surface area (Å²) in [6.07, 6.45) is 3.99. The van der Waals surface area contributed by atoms with Gasteiger partial charge in [-0.1, -0.05) is 25.0 Å². The fourth-order valence-corrected chi connectivity index (χ4v) is 3.98. The van der Waals surface area contributed by atoms with Gasteiger partial charge in [-0.15, -0.1) is 11.3 Å². The SMILES string of the molecule is COc1ccc(C2(C(=O)NCc3csc(C)n3)CCCC2)cc1. The van der Waals surface area contributed by atoms with Gasteiger partial charge in [0, 0.05) is 5.38 Å². The fraction of sp³-hybridized carbons (Fsp3) is 0.444. The van der Waals surface area contributed by atoms with Gasteiger partial charge in [0.05, 0.1) is 29.8 Å². The van der Waals surface area contributed by atoms with Gasteiger partial charge < -0.3 is 10.1 Å². The molecule has 0 atom stereocenters. The zero-order valence-corrected chi connectivity index (χ0v) is 14.4. The Kier molecular flexibility index (Phi) is 4.66. The van der Waals surface area contributed by atoms with Gasteiger partial charge >= 0.3 is 0 Å². The Morgan fingerprint density at radius 1 is 1.30 bits per heavy atom. The summed E-state index contributed by atoms with van der Waals surface area (Å²) in [5.74, 6) is 0.936. The van der Waals surface area contributed by atoms with Crippen LogP contribution in [-0.2, 0) is 16.8 Å². The molecular formula is C18H22N2O2S. The molecular weight excluding hydrogens is 308 g/mol. The second-order valence-electron chi connectivity index (χ2n) is 6.06.